The molecule has 1 nitrogen and oxygen atoms in total. The van der Waals surface area contributed by atoms with Crippen LogP contribution in [0, 0.1) is 24.7 Å². The lowest BCUT2D eigenvalue weighted by Crippen LogP contribution is -2.54. The summed E-state index contributed by atoms with van der Waals surface area (Å²) in [6.07, 6.45) is 11.6. The molecule has 0 heterocycles. The summed E-state index contributed by atoms with van der Waals surface area (Å²) >= 11 is 6.39. The predicted octanol–water partition coefficient (Wildman–Crippen LogP) is 7.36. The van der Waals surface area contributed by atoms with E-state index in [0.29, 0.717) is 23.8 Å². The smallest absolute Gasteiger partial charge is 0.0355 e. The molecule has 166 valence electrons. The molecule has 0 spiro atoms. The molecule has 2 aliphatic carbocycles. The number of aryl methyl sites for hydroxylation is 2. The van der Waals surface area contributed by atoms with Gasteiger partial charge in [0, 0.05) is 17.5 Å². The zero-order chi connectivity index (χ0) is 22.1. The number of benzene rings is 1. The molecule has 2 aliphatic rings. The molecule has 30 heavy (non-hydrogen) atoms. The Labute approximate surface area is 190 Å². The summed E-state index contributed by atoms with van der Waals surface area (Å²) < 4.78 is 0. The summed E-state index contributed by atoms with van der Waals surface area (Å²) in [5.74, 6) is 2.43. The van der Waals surface area contributed by atoms with E-state index in [9.17, 15) is 0 Å². The van der Waals surface area contributed by atoms with Crippen LogP contribution in [0.15, 0.2) is 42.0 Å². The number of halogens is 1. The van der Waals surface area contributed by atoms with Crippen LogP contribution >= 0.6 is 11.6 Å². The predicted molar refractivity (Wildman–Crippen MR) is 133 cm³/mol. The van der Waals surface area contributed by atoms with Gasteiger partial charge in [0.2, 0.25) is 0 Å². The molecular weight excluding hydrogens is 386 g/mol. The topological polar surface area (TPSA) is 12.0 Å². The number of hydrogen-bond donors (Lipinski definition) is 1. The molecule has 0 aliphatic heterocycles. The van der Waals surface area contributed by atoms with E-state index in [4.69, 9.17) is 11.6 Å². The molecule has 1 aromatic rings. The second-order valence-electron chi connectivity index (χ2n) is 11.1. The number of hydrogen-bond acceptors (Lipinski definition) is 1. The van der Waals surface area contributed by atoms with E-state index >= 15 is 0 Å². The summed E-state index contributed by atoms with van der Waals surface area (Å²) in [7, 11) is 0. The molecule has 3 unspecified atom stereocenters. The van der Waals surface area contributed by atoms with Gasteiger partial charge in [-0.15, -0.1) is 11.6 Å². The van der Waals surface area contributed by atoms with Crippen LogP contribution in [-0.4, -0.2) is 17.5 Å². The van der Waals surface area contributed by atoms with Crippen molar-refractivity contribution in [3.63, 3.8) is 0 Å². The minimum atomic E-state index is 0.0222. The highest BCUT2D eigenvalue weighted by molar-refractivity contribution is 6.17. The number of allylic oxidation sites excluding steroid dienone is 2. The standard InChI is InChI=1S/C28H42ClN/c1-19(2)23-9-8-10-24(20(3)4)26(23)30-27(6,7)18-28(15-16-29)14-13-22-12-11-21(5)17-25(22)28/h8-12,17,19-20,23,26,30H,13-16,18H2,1-7H3. The van der Waals surface area contributed by atoms with Crippen LogP contribution in [0.25, 0.3) is 0 Å². The van der Waals surface area contributed by atoms with Gasteiger partial charge in [-0.3, -0.25) is 0 Å². The van der Waals surface area contributed by atoms with Gasteiger partial charge in [-0.2, -0.15) is 0 Å². The average molecular weight is 428 g/mol. The number of rotatable bonds is 8. The Hall–Kier alpha value is -1.05. The first kappa shape index (κ1) is 23.6. The van der Waals surface area contributed by atoms with Crippen LogP contribution in [0.5, 0.6) is 0 Å². The van der Waals surface area contributed by atoms with Crippen molar-refractivity contribution in [2.75, 3.05) is 5.88 Å². The Morgan fingerprint density at radius 2 is 1.93 bits per heavy atom. The van der Waals surface area contributed by atoms with Crippen molar-refractivity contribution in [3.05, 3.63) is 58.7 Å². The molecule has 1 aromatic carbocycles. The first-order chi connectivity index (χ1) is 14.1. The van der Waals surface area contributed by atoms with Gasteiger partial charge in [-0.05, 0) is 80.8 Å². The SMILES string of the molecule is Cc1ccc2c(c1)C(CCCl)(CC(C)(C)NC1C(C(C)C)=CC=CC1C(C)C)CC2. The molecule has 3 atom stereocenters. The largest absolute Gasteiger partial charge is 0.305 e. The first-order valence-corrected chi connectivity index (χ1v) is 12.4. The number of alkyl halides is 1. The van der Waals surface area contributed by atoms with Crippen molar-refractivity contribution in [3.8, 4) is 0 Å². The molecule has 1 N–H and O–H groups in total. The van der Waals surface area contributed by atoms with Gasteiger partial charge in [0.05, 0.1) is 0 Å². The molecule has 0 bridgehead atoms. The summed E-state index contributed by atoms with van der Waals surface area (Å²) in [5, 5.41) is 4.15. The fraction of sp³-hybridized carbons (Fsp3) is 0.643. The van der Waals surface area contributed by atoms with E-state index in [1.54, 1.807) is 11.1 Å². The summed E-state index contributed by atoms with van der Waals surface area (Å²) in [5.41, 5.74) is 6.20. The second-order valence-corrected chi connectivity index (χ2v) is 11.5. The number of fused-ring (bicyclic) bond motifs is 1. The van der Waals surface area contributed by atoms with E-state index in [0.717, 1.165) is 18.7 Å². The third-order valence-corrected chi connectivity index (χ3v) is 7.60. The van der Waals surface area contributed by atoms with Gasteiger partial charge >= 0.3 is 0 Å². The molecular formula is C28H42ClN. The van der Waals surface area contributed by atoms with Crippen LogP contribution < -0.4 is 5.32 Å². The zero-order valence-electron chi connectivity index (χ0n) is 20.2. The summed E-state index contributed by atoms with van der Waals surface area (Å²) in [4.78, 5) is 0. The van der Waals surface area contributed by atoms with Crippen LogP contribution in [0.3, 0.4) is 0 Å². The lowest BCUT2D eigenvalue weighted by molar-refractivity contribution is 0.209. The maximum absolute atomic E-state index is 6.39. The van der Waals surface area contributed by atoms with Gasteiger partial charge < -0.3 is 5.32 Å². The Morgan fingerprint density at radius 3 is 2.57 bits per heavy atom. The van der Waals surface area contributed by atoms with Gasteiger partial charge in [0.1, 0.15) is 0 Å². The van der Waals surface area contributed by atoms with Crippen molar-refractivity contribution < 1.29 is 0 Å². The molecule has 3 rings (SSSR count). The minimum Gasteiger partial charge on any atom is -0.305 e. The summed E-state index contributed by atoms with van der Waals surface area (Å²) in [6.45, 7) is 16.4. The van der Waals surface area contributed by atoms with Crippen LogP contribution in [0.1, 0.15) is 77.5 Å². The van der Waals surface area contributed by atoms with Crippen LogP contribution in [-0.2, 0) is 11.8 Å². The maximum atomic E-state index is 6.39. The normalized spacial score (nSPS) is 26.4. The number of nitrogens with one attached hydrogen (secondary N) is 1. The maximum Gasteiger partial charge on any atom is 0.0355 e. The lowest BCUT2D eigenvalue weighted by Gasteiger charge is -2.44. The molecule has 0 saturated heterocycles. The molecule has 0 saturated carbocycles. The summed E-state index contributed by atoms with van der Waals surface area (Å²) in [6, 6.07) is 7.45. The van der Waals surface area contributed by atoms with Gasteiger partial charge in [0.25, 0.3) is 0 Å². The minimum absolute atomic E-state index is 0.0222. The first-order valence-electron chi connectivity index (χ1n) is 11.9. The molecule has 0 radical (unpaired) electrons. The fourth-order valence-electron chi connectivity index (χ4n) is 6.01. The van der Waals surface area contributed by atoms with Gasteiger partial charge in [-0.1, -0.05) is 75.3 Å². The fourth-order valence-corrected chi connectivity index (χ4v) is 6.37. The van der Waals surface area contributed by atoms with Crippen molar-refractivity contribution in [2.24, 2.45) is 17.8 Å². The molecule has 0 aromatic heterocycles. The van der Waals surface area contributed by atoms with Gasteiger partial charge in [0.15, 0.2) is 0 Å². The monoisotopic (exact) mass is 427 g/mol. The molecule has 0 fully saturated rings. The quantitative estimate of drug-likeness (QED) is 0.427. The van der Waals surface area contributed by atoms with Crippen molar-refractivity contribution in [1.29, 1.82) is 0 Å². The average Bonchev–Trinajstić information content (AvgIpc) is 2.98. The van der Waals surface area contributed by atoms with Crippen LogP contribution in [0.4, 0.5) is 0 Å². The van der Waals surface area contributed by atoms with Crippen molar-refractivity contribution in [1.82, 2.24) is 5.32 Å². The van der Waals surface area contributed by atoms with E-state index in [-0.39, 0.29) is 11.0 Å². The van der Waals surface area contributed by atoms with E-state index < -0.39 is 0 Å². The highest BCUT2D eigenvalue weighted by Gasteiger charge is 2.43. The molecule has 2 heteroatoms. The Kier molecular flexibility index (Phi) is 7.25. The van der Waals surface area contributed by atoms with E-state index in [1.165, 1.54) is 24.0 Å². The van der Waals surface area contributed by atoms with Gasteiger partial charge in [-0.25, -0.2) is 0 Å². The third-order valence-electron chi connectivity index (χ3n) is 7.41. The van der Waals surface area contributed by atoms with Crippen molar-refractivity contribution in [2.45, 2.75) is 91.1 Å². The van der Waals surface area contributed by atoms with Crippen LogP contribution in [0.2, 0.25) is 0 Å². The van der Waals surface area contributed by atoms with Crippen molar-refractivity contribution >= 4 is 11.6 Å². The molecule has 0 amide bonds. The zero-order valence-corrected chi connectivity index (χ0v) is 20.9. The Morgan fingerprint density at radius 1 is 1.20 bits per heavy atom. The highest BCUT2D eigenvalue weighted by atomic mass is 35.5. The Balaban J connectivity index is 1.90. The third kappa shape index (κ3) is 4.89. The second kappa shape index (κ2) is 9.21. The van der Waals surface area contributed by atoms with E-state index in [1.807, 2.05) is 0 Å². The Bertz CT molecular complexity index is 797. The highest BCUT2D eigenvalue weighted by Crippen LogP contribution is 2.47. The lowest BCUT2D eigenvalue weighted by atomic mass is 9.69. The van der Waals surface area contributed by atoms with E-state index in [2.05, 4.69) is 90.2 Å².